The molecule has 1 fully saturated rings. The minimum absolute atomic E-state index is 0.333. The zero-order valence-electron chi connectivity index (χ0n) is 11.6. The fourth-order valence-electron chi connectivity index (χ4n) is 2.88. The molecule has 0 amide bonds. The highest BCUT2D eigenvalue weighted by Crippen LogP contribution is 2.33. The van der Waals surface area contributed by atoms with Crippen LogP contribution >= 0.6 is 27.5 Å². The van der Waals surface area contributed by atoms with E-state index in [9.17, 15) is 0 Å². The van der Waals surface area contributed by atoms with Gasteiger partial charge in [-0.1, -0.05) is 33.6 Å². The summed E-state index contributed by atoms with van der Waals surface area (Å²) >= 11 is 9.81. The molecule has 1 atom stereocenters. The van der Waals surface area contributed by atoms with Crippen LogP contribution in [-0.2, 0) is 0 Å². The smallest absolute Gasteiger partial charge is 0.0464 e. The first-order chi connectivity index (χ1) is 8.99. The SMILES string of the molecule is CC(c1ccc(Br)cc1Cl)N(C)C1CCC(N)CC1. The highest BCUT2D eigenvalue weighted by atomic mass is 79.9. The van der Waals surface area contributed by atoms with Crippen molar-refractivity contribution in [3.8, 4) is 0 Å². The maximum Gasteiger partial charge on any atom is 0.0464 e. The van der Waals surface area contributed by atoms with Gasteiger partial charge in [0.05, 0.1) is 0 Å². The van der Waals surface area contributed by atoms with Crippen LogP contribution in [-0.4, -0.2) is 24.0 Å². The van der Waals surface area contributed by atoms with Gasteiger partial charge in [-0.05, 0) is 57.4 Å². The summed E-state index contributed by atoms with van der Waals surface area (Å²) in [5.41, 5.74) is 7.18. The molecule has 0 aliphatic heterocycles. The van der Waals surface area contributed by atoms with E-state index >= 15 is 0 Å². The molecule has 1 unspecified atom stereocenters. The van der Waals surface area contributed by atoms with Crippen LogP contribution in [0.2, 0.25) is 5.02 Å². The molecule has 0 heterocycles. The van der Waals surface area contributed by atoms with Gasteiger partial charge < -0.3 is 5.73 Å². The molecule has 1 aliphatic rings. The van der Waals surface area contributed by atoms with E-state index < -0.39 is 0 Å². The molecule has 0 bridgehead atoms. The highest BCUT2D eigenvalue weighted by Gasteiger charge is 2.26. The minimum Gasteiger partial charge on any atom is -0.328 e. The van der Waals surface area contributed by atoms with Gasteiger partial charge in [0.15, 0.2) is 0 Å². The molecule has 1 aliphatic carbocycles. The zero-order chi connectivity index (χ0) is 14.0. The van der Waals surface area contributed by atoms with Gasteiger partial charge in [0.1, 0.15) is 0 Å². The summed E-state index contributed by atoms with van der Waals surface area (Å²) in [6.45, 7) is 2.23. The Bertz CT molecular complexity index is 430. The van der Waals surface area contributed by atoms with Crippen molar-refractivity contribution >= 4 is 27.5 Å². The Balaban J connectivity index is 2.08. The van der Waals surface area contributed by atoms with Gasteiger partial charge in [-0.25, -0.2) is 0 Å². The summed E-state index contributed by atoms with van der Waals surface area (Å²) in [5.74, 6) is 0. The van der Waals surface area contributed by atoms with Crippen LogP contribution in [0.15, 0.2) is 22.7 Å². The lowest BCUT2D eigenvalue weighted by Gasteiger charge is -2.37. The Morgan fingerprint density at radius 3 is 2.53 bits per heavy atom. The van der Waals surface area contributed by atoms with Crippen molar-refractivity contribution < 1.29 is 0 Å². The van der Waals surface area contributed by atoms with Gasteiger partial charge >= 0.3 is 0 Å². The molecule has 2 nitrogen and oxygen atoms in total. The van der Waals surface area contributed by atoms with Gasteiger partial charge in [-0.2, -0.15) is 0 Å². The van der Waals surface area contributed by atoms with Crippen LogP contribution in [0.25, 0.3) is 0 Å². The maximum absolute atomic E-state index is 6.35. The lowest BCUT2D eigenvalue weighted by molar-refractivity contribution is 0.140. The summed E-state index contributed by atoms with van der Waals surface area (Å²) in [6, 6.07) is 7.49. The first kappa shape index (κ1) is 15.3. The van der Waals surface area contributed by atoms with E-state index in [4.69, 9.17) is 17.3 Å². The third-order valence-electron chi connectivity index (χ3n) is 4.34. The standard InChI is InChI=1S/C15H22BrClN2/c1-10(14-8-3-11(16)9-15(14)17)19(2)13-6-4-12(18)5-7-13/h3,8-10,12-13H,4-7,18H2,1-2H3. The Kier molecular flexibility index (Phi) is 5.29. The van der Waals surface area contributed by atoms with Crippen molar-refractivity contribution in [2.24, 2.45) is 5.73 Å². The van der Waals surface area contributed by atoms with Crippen molar-refractivity contribution in [3.63, 3.8) is 0 Å². The lowest BCUT2D eigenvalue weighted by Crippen LogP contribution is -2.39. The molecule has 1 saturated carbocycles. The van der Waals surface area contributed by atoms with Crippen LogP contribution in [0, 0.1) is 0 Å². The zero-order valence-corrected chi connectivity index (χ0v) is 13.9. The Morgan fingerprint density at radius 1 is 1.32 bits per heavy atom. The molecule has 0 aromatic heterocycles. The minimum atomic E-state index is 0.333. The second-order valence-corrected chi connectivity index (χ2v) is 6.90. The van der Waals surface area contributed by atoms with Crippen LogP contribution in [0.3, 0.4) is 0 Å². The summed E-state index contributed by atoms with van der Waals surface area (Å²) in [6.07, 6.45) is 4.65. The van der Waals surface area contributed by atoms with Gasteiger partial charge in [0, 0.05) is 27.6 Å². The van der Waals surface area contributed by atoms with Gasteiger partial charge in [0.25, 0.3) is 0 Å². The van der Waals surface area contributed by atoms with Crippen molar-refractivity contribution in [2.75, 3.05) is 7.05 Å². The predicted octanol–water partition coefficient (Wildman–Crippen LogP) is 4.37. The van der Waals surface area contributed by atoms with E-state index in [1.54, 1.807) is 0 Å². The third-order valence-corrected chi connectivity index (χ3v) is 5.16. The largest absolute Gasteiger partial charge is 0.328 e. The van der Waals surface area contributed by atoms with Crippen LogP contribution < -0.4 is 5.73 Å². The molecule has 0 saturated heterocycles. The summed E-state index contributed by atoms with van der Waals surface area (Å²) in [5, 5.41) is 0.834. The summed E-state index contributed by atoms with van der Waals surface area (Å²) in [7, 11) is 2.20. The average molecular weight is 346 g/mol. The van der Waals surface area contributed by atoms with Gasteiger partial charge in [-0.3, -0.25) is 4.90 Å². The number of nitrogens with two attached hydrogens (primary N) is 1. The Morgan fingerprint density at radius 2 is 1.95 bits per heavy atom. The number of benzene rings is 1. The molecule has 1 aromatic rings. The van der Waals surface area contributed by atoms with E-state index in [1.807, 2.05) is 6.07 Å². The molecular formula is C15H22BrClN2. The molecule has 0 radical (unpaired) electrons. The molecule has 106 valence electrons. The van der Waals surface area contributed by atoms with Crippen molar-refractivity contribution in [3.05, 3.63) is 33.3 Å². The first-order valence-electron chi connectivity index (χ1n) is 6.91. The average Bonchev–Trinajstić information content (AvgIpc) is 2.38. The lowest BCUT2D eigenvalue weighted by atomic mass is 9.90. The van der Waals surface area contributed by atoms with Crippen molar-refractivity contribution in [2.45, 2.75) is 50.7 Å². The molecule has 19 heavy (non-hydrogen) atoms. The number of hydrogen-bond donors (Lipinski definition) is 1. The third kappa shape index (κ3) is 3.72. The molecular weight excluding hydrogens is 324 g/mol. The molecule has 0 spiro atoms. The number of nitrogens with zero attached hydrogens (tertiary/aromatic N) is 1. The van der Waals surface area contributed by atoms with Crippen LogP contribution in [0.5, 0.6) is 0 Å². The number of rotatable bonds is 3. The van der Waals surface area contributed by atoms with E-state index in [-0.39, 0.29) is 0 Å². The van der Waals surface area contributed by atoms with Gasteiger partial charge in [0.2, 0.25) is 0 Å². The van der Waals surface area contributed by atoms with E-state index in [0.717, 1.165) is 22.3 Å². The van der Waals surface area contributed by atoms with Crippen molar-refractivity contribution in [1.29, 1.82) is 0 Å². The van der Waals surface area contributed by atoms with E-state index in [0.29, 0.717) is 18.1 Å². The molecule has 1 aromatic carbocycles. The highest BCUT2D eigenvalue weighted by molar-refractivity contribution is 9.10. The maximum atomic E-state index is 6.35. The molecule has 4 heteroatoms. The number of halogens is 2. The Labute approximate surface area is 129 Å². The van der Waals surface area contributed by atoms with Crippen molar-refractivity contribution in [1.82, 2.24) is 4.90 Å². The van der Waals surface area contributed by atoms with E-state index in [1.165, 1.54) is 18.4 Å². The Hall–Kier alpha value is -0.0900. The normalized spacial score (nSPS) is 25.6. The second-order valence-electron chi connectivity index (χ2n) is 5.58. The predicted molar refractivity (Wildman–Crippen MR) is 85.6 cm³/mol. The second kappa shape index (κ2) is 6.57. The summed E-state index contributed by atoms with van der Waals surface area (Å²) in [4.78, 5) is 2.45. The monoisotopic (exact) mass is 344 g/mol. The summed E-state index contributed by atoms with van der Waals surface area (Å²) < 4.78 is 1.03. The van der Waals surface area contributed by atoms with Crippen LogP contribution in [0.4, 0.5) is 0 Å². The van der Waals surface area contributed by atoms with E-state index in [2.05, 4.69) is 46.9 Å². The van der Waals surface area contributed by atoms with Gasteiger partial charge in [-0.15, -0.1) is 0 Å². The first-order valence-corrected chi connectivity index (χ1v) is 8.08. The topological polar surface area (TPSA) is 29.3 Å². The molecule has 2 rings (SSSR count). The quantitative estimate of drug-likeness (QED) is 0.881. The van der Waals surface area contributed by atoms with Crippen LogP contribution in [0.1, 0.15) is 44.2 Å². The molecule has 2 N–H and O–H groups in total. The number of hydrogen-bond acceptors (Lipinski definition) is 2. The fourth-order valence-corrected chi connectivity index (χ4v) is 3.72. The fraction of sp³-hybridized carbons (Fsp3) is 0.600.